The van der Waals surface area contributed by atoms with E-state index in [4.69, 9.17) is 9.84 Å². The first-order valence-corrected chi connectivity index (χ1v) is 7.66. The summed E-state index contributed by atoms with van der Waals surface area (Å²) < 4.78 is 19.1. The smallest absolute Gasteiger partial charge is 0.308 e. The molecule has 1 rings (SSSR count). The normalized spacial score (nSPS) is 12.0. The van der Waals surface area contributed by atoms with Crippen LogP contribution in [-0.4, -0.2) is 30.1 Å². The van der Waals surface area contributed by atoms with Crippen molar-refractivity contribution in [2.45, 2.75) is 20.3 Å². The second kappa shape index (κ2) is 8.73. The highest BCUT2D eigenvalue weighted by atomic mass is 79.9. The molecule has 7 heteroatoms. The molecule has 0 radical (unpaired) electrons. The fourth-order valence-electron chi connectivity index (χ4n) is 1.86. The first kappa shape index (κ1) is 18.4. The largest absolute Gasteiger partial charge is 0.481 e. The van der Waals surface area contributed by atoms with Crippen LogP contribution in [0.1, 0.15) is 20.3 Å². The van der Waals surface area contributed by atoms with Gasteiger partial charge in [-0.15, -0.1) is 0 Å². The summed E-state index contributed by atoms with van der Waals surface area (Å²) in [7, 11) is 0. The van der Waals surface area contributed by atoms with Crippen LogP contribution >= 0.6 is 15.9 Å². The predicted molar refractivity (Wildman–Crippen MR) is 83.2 cm³/mol. The lowest BCUT2D eigenvalue weighted by molar-refractivity contribution is -0.142. The van der Waals surface area contributed by atoms with Crippen LogP contribution in [0, 0.1) is 17.7 Å². The van der Waals surface area contributed by atoms with Crippen LogP contribution in [0.2, 0.25) is 0 Å². The van der Waals surface area contributed by atoms with Gasteiger partial charge in [0.05, 0.1) is 5.92 Å². The number of hydrogen-bond acceptors (Lipinski definition) is 3. The van der Waals surface area contributed by atoms with Crippen LogP contribution < -0.4 is 10.1 Å². The Morgan fingerprint density at radius 1 is 1.41 bits per heavy atom. The first-order chi connectivity index (χ1) is 10.3. The second-order valence-corrected chi connectivity index (χ2v) is 6.25. The zero-order chi connectivity index (χ0) is 16.7. The highest BCUT2D eigenvalue weighted by molar-refractivity contribution is 9.10. The molecule has 0 bridgehead atoms. The third-order valence-electron chi connectivity index (χ3n) is 2.90. The molecule has 122 valence electrons. The molecule has 0 saturated heterocycles. The molecule has 1 atom stereocenters. The van der Waals surface area contributed by atoms with Gasteiger partial charge in [-0.1, -0.05) is 29.8 Å². The number of carboxylic acids is 1. The summed E-state index contributed by atoms with van der Waals surface area (Å²) in [5.41, 5.74) is 0. The fourth-order valence-corrected chi connectivity index (χ4v) is 2.20. The third kappa shape index (κ3) is 6.43. The second-order valence-electron chi connectivity index (χ2n) is 5.33. The monoisotopic (exact) mass is 375 g/mol. The van der Waals surface area contributed by atoms with E-state index in [1.54, 1.807) is 6.07 Å². The SMILES string of the molecule is CC(C)CC(CNC(=O)COc1ccc(Br)cc1F)C(=O)O. The van der Waals surface area contributed by atoms with Crippen LogP contribution in [0.15, 0.2) is 22.7 Å². The zero-order valence-corrected chi connectivity index (χ0v) is 14.0. The highest BCUT2D eigenvalue weighted by Crippen LogP contribution is 2.21. The lowest BCUT2D eigenvalue weighted by atomic mass is 9.97. The van der Waals surface area contributed by atoms with Gasteiger partial charge in [0.25, 0.3) is 5.91 Å². The molecular weight excluding hydrogens is 357 g/mol. The van der Waals surface area contributed by atoms with Crippen molar-refractivity contribution in [2.24, 2.45) is 11.8 Å². The van der Waals surface area contributed by atoms with Crippen molar-refractivity contribution in [3.63, 3.8) is 0 Å². The summed E-state index contributed by atoms with van der Waals surface area (Å²) >= 11 is 3.12. The summed E-state index contributed by atoms with van der Waals surface area (Å²) in [4.78, 5) is 22.7. The van der Waals surface area contributed by atoms with Crippen LogP contribution in [0.4, 0.5) is 4.39 Å². The number of aliphatic carboxylic acids is 1. The van der Waals surface area contributed by atoms with E-state index in [-0.39, 0.29) is 24.8 Å². The van der Waals surface area contributed by atoms with Crippen molar-refractivity contribution in [2.75, 3.05) is 13.2 Å². The number of amides is 1. The minimum absolute atomic E-state index is 0.0263. The van der Waals surface area contributed by atoms with E-state index in [9.17, 15) is 14.0 Å². The van der Waals surface area contributed by atoms with Crippen molar-refractivity contribution < 1.29 is 23.8 Å². The first-order valence-electron chi connectivity index (χ1n) is 6.87. The summed E-state index contributed by atoms with van der Waals surface area (Å²) in [6, 6.07) is 4.24. The van der Waals surface area contributed by atoms with Crippen LogP contribution in [0.5, 0.6) is 5.75 Å². The van der Waals surface area contributed by atoms with Gasteiger partial charge < -0.3 is 15.2 Å². The van der Waals surface area contributed by atoms with E-state index in [0.717, 1.165) is 0 Å². The Morgan fingerprint density at radius 3 is 2.64 bits per heavy atom. The highest BCUT2D eigenvalue weighted by Gasteiger charge is 2.19. The summed E-state index contributed by atoms with van der Waals surface area (Å²) in [5.74, 6) is -2.48. The van der Waals surface area contributed by atoms with Crippen molar-refractivity contribution in [1.82, 2.24) is 5.32 Å². The van der Waals surface area contributed by atoms with E-state index in [2.05, 4.69) is 21.2 Å². The predicted octanol–water partition coefficient (Wildman–Crippen LogP) is 2.83. The number of carbonyl (C=O) groups excluding carboxylic acids is 1. The molecule has 0 aromatic heterocycles. The minimum atomic E-state index is -0.950. The van der Waals surface area contributed by atoms with E-state index in [0.29, 0.717) is 10.9 Å². The molecule has 22 heavy (non-hydrogen) atoms. The number of benzene rings is 1. The van der Waals surface area contributed by atoms with E-state index < -0.39 is 23.6 Å². The zero-order valence-electron chi connectivity index (χ0n) is 12.4. The lowest BCUT2D eigenvalue weighted by Crippen LogP contribution is -2.36. The number of rotatable bonds is 8. The maximum absolute atomic E-state index is 13.5. The van der Waals surface area contributed by atoms with Gasteiger partial charge in [-0.3, -0.25) is 9.59 Å². The van der Waals surface area contributed by atoms with Crippen molar-refractivity contribution in [3.8, 4) is 5.75 Å². The molecule has 1 aromatic rings. The summed E-state index contributed by atoms with van der Waals surface area (Å²) in [6.45, 7) is 3.49. The maximum atomic E-state index is 13.5. The fraction of sp³-hybridized carbons (Fsp3) is 0.467. The van der Waals surface area contributed by atoms with E-state index in [1.807, 2.05) is 13.8 Å². The van der Waals surface area contributed by atoms with E-state index >= 15 is 0 Å². The molecule has 0 fully saturated rings. The van der Waals surface area contributed by atoms with Gasteiger partial charge in [-0.05, 0) is 30.5 Å². The van der Waals surface area contributed by atoms with Crippen LogP contribution in [-0.2, 0) is 9.59 Å². The van der Waals surface area contributed by atoms with Gasteiger partial charge in [-0.25, -0.2) is 4.39 Å². The number of carboxylic acid groups (broad SMARTS) is 1. The Morgan fingerprint density at radius 2 is 2.09 bits per heavy atom. The van der Waals surface area contributed by atoms with Gasteiger partial charge in [0.15, 0.2) is 18.2 Å². The quantitative estimate of drug-likeness (QED) is 0.732. The Kier molecular flexibility index (Phi) is 7.31. The molecule has 1 amide bonds. The van der Waals surface area contributed by atoms with Crippen molar-refractivity contribution in [3.05, 3.63) is 28.5 Å². The average Bonchev–Trinajstić information content (AvgIpc) is 2.41. The lowest BCUT2D eigenvalue weighted by Gasteiger charge is -2.15. The topological polar surface area (TPSA) is 75.6 Å². The van der Waals surface area contributed by atoms with Crippen LogP contribution in [0.3, 0.4) is 0 Å². The van der Waals surface area contributed by atoms with Crippen molar-refractivity contribution in [1.29, 1.82) is 0 Å². The van der Waals surface area contributed by atoms with Gasteiger partial charge in [0.2, 0.25) is 0 Å². The van der Waals surface area contributed by atoms with Gasteiger partial charge >= 0.3 is 5.97 Å². The molecule has 0 saturated carbocycles. The molecular formula is C15H19BrFNO4. The Bertz CT molecular complexity index is 536. The van der Waals surface area contributed by atoms with E-state index in [1.165, 1.54) is 12.1 Å². The average molecular weight is 376 g/mol. The Labute approximate surface area is 137 Å². The van der Waals surface area contributed by atoms with Crippen LogP contribution in [0.25, 0.3) is 0 Å². The molecule has 2 N–H and O–H groups in total. The van der Waals surface area contributed by atoms with Gasteiger partial charge in [0, 0.05) is 11.0 Å². The molecule has 0 aliphatic carbocycles. The molecule has 0 aliphatic rings. The number of halogens is 2. The standard InChI is InChI=1S/C15H19BrFNO4/c1-9(2)5-10(15(20)21)7-18-14(19)8-22-13-4-3-11(16)6-12(13)17/h3-4,6,9-10H,5,7-8H2,1-2H3,(H,18,19)(H,20,21). The summed E-state index contributed by atoms with van der Waals surface area (Å²) in [5, 5.41) is 11.6. The van der Waals surface area contributed by atoms with Gasteiger partial charge in [0.1, 0.15) is 0 Å². The molecule has 1 aromatic carbocycles. The summed E-state index contributed by atoms with van der Waals surface area (Å²) in [6.07, 6.45) is 0.470. The molecule has 0 heterocycles. The molecule has 5 nitrogen and oxygen atoms in total. The number of ether oxygens (including phenoxy) is 1. The minimum Gasteiger partial charge on any atom is -0.481 e. The third-order valence-corrected chi connectivity index (χ3v) is 3.40. The Balaban J connectivity index is 2.44. The van der Waals surface area contributed by atoms with Crippen molar-refractivity contribution >= 4 is 27.8 Å². The number of hydrogen-bond donors (Lipinski definition) is 2. The number of carbonyl (C=O) groups is 2. The molecule has 0 aliphatic heterocycles. The Hall–Kier alpha value is -1.63. The molecule has 1 unspecified atom stereocenters. The maximum Gasteiger partial charge on any atom is 0.308 e. The molecule has 0 spiro atoms. The van der Waals surface area contributed by atoms with Gasteiger partial charge in [-0.2, -0.15) is 0 Å². The number of nitrogens with one attached hydrogen (secondary N) is 1.